The van der Waals surface area contributed by atoms with Gasteiger partial charge in [-0.1, -0.05) is 42.0 Å². The molecule has 172 valence electrons. The van der Waals surface area contributed by atoms with Crippen molar-refractivity contribution >= 4 is 35.0 Å². The monoisotopic (exact) mass is 473 g/mol. The standard InChI is InChI=1S/C27H23NO5S/c1-18-9-11-21(12-10-18)26(30)33-23-8-4-6-20(16-23)17-24-25(29)28(27(31)34-24)13-14-32-22-7-3-5-19(2)15-22/h3-12,15-17H,13-14H2,1-2H3/b24-17-. The minimum absolute atomic E-state index is 0.157. The third-order valence-corrected chi connectivity index (χ3v) is 6.01. The zero-order valence-electron chi connectivity index (χ0n) is 18.8. The van der Waals surface area contributed by atoms with Crippen molar-refractivity contribution in [2.24, 2.45) is 0 Å². The highest BCUT2D eigenvalue weighted by Gasteiger charge is 2.34. The lowest BCUT2D eigenvalue weighted by molar-refractivity contribution is -0.123. The van der Waals surface area contributed by atoms with Crippen molar-refractivity contribution in [3.63, 3.8) is 0 Å². The van der Waals surface area contributed by atoms with Crippen molar-refractivity contribution in [3.05, 3.63) is 100.0 Å². The molecule has 1 heterocycles. The Hall–Kier alpha value is -3.84. The molecule has 3 aromatic carbocycles. The van der Waals surface area contributed by atoms with E-state index in [9.17, 15) is 14.4 Å². The third-order valence-electron chi connectivity index (χ3n) is 5.10. The van der Waals surface area contributed by atoms with Crippen LogP contribution in [-0.4, -0.2) is 35.2 Å². The first-order chi connectivity index (χ1) is 16.4. The van der Waals surface area contributed by atoms with E-state index in [0.717, 1.165) is 22.9 Å². The minimum Gasteiger partial charge on any atom is -0.492 e. The quantitative estimate of drug-likeness (QED) is 0.251. The Bertz CT molecular complexity index is 1270. The van der Waals surface area contributed by atoms with Crippen LogP contribution in [0.2, 0.25) is 0 Å². The molecule has 0 atom stereocenters. The molecule has 0 aromatic heterocycles. The number of hydrogen-bond donors (Lipinski definition) is 0. The molecule has 0 radical (unpaired) electrons. The van der Waals surface area contributed by atoms with Gasteiger partial charge in [0.15, 0.2) is 0 Å². The van der Waals surface area contributed by atoms with Crippen LogP contribution in [0.3, 0.4) is 0 Å². The summed E-state index contributed by atoms with van der Waals surface area (Å²) in [7, 11) is 0. The average molecular weight is 474 g/mol. The molecule has 1 fully saturated rings. The molecule has 3 aromatic rings. The molecule has 0 saturated carbocycles. The number of hydrogen-bond acceptors (Lipinski definition) is 6. The molecule has 1 saturated heterocycles. The Balaban J connectivity index is 1.39. The summed E-state index contributed by atoms with van der Waals surface area (Å²) in [5.41, 5.74) is 3.22. The van der Waals surface area contributed by atoms with Gasteiger partial charge in [-0.15, -0.1) is 0 Å². The lowest BCUT2D eigenvalue weighted by Crippen LogP contribution is -2.32. The molecule has 2 amide bonds. The summed E-state index contributed by atoms with van der Waals surface area (Å²) in [6, 6.07) is 21.5. The Labute approximate surface area is 202 Å². The first kappa shape index (κ1) is 23.3. The summed E-state index contributed by atoms with van der Waals surface area (Å²) in [5.74, 6) is 0.209. The number of nitrogens with zero attached hydrogens (tertiary/aromatic N) is 1. The fourth-order valence-corrected chi connectivity index (χ4v) is 4.19. The second kappa shape index (κ2) is 10.4. The van der Waals surface area contributed by atoms with Gasteiger partial charge in [-0.05, 0) is 79.2 Å². The lowest BCUT2D eigenvalue weighted by atomic mass is 10.1. The van der Waals surface area contributed by atoms with E-state index in [1.165, 1.54) is 4.90 Å². The van der Waals surface area contributed by atoms with Gasteiger partial charge >= 0.3 is 5.97 Å². The van der Waals surface area contributed by atoms with Gasteiger partial charge in [0.05, 0.1) is 17.0 Å². The molecule has 0 bridgehead atoms. The average Bonchev–Trinajstić information content (AvgIpc) is 3.07. The minimum atomic E-state index is -0.467. The van der Waals surface area contributed by atoms with Crippen LogP contribution >= 0.6 is 11.8 Å². The lowest BCUT2D eigenvalue weighted by Gasteiger charge is -2.13. The number of carbonyl (C=O) groups is 3. The van der Waals surface area contributed by atoms with Gasteiger partial charge in [0.2, 0.25) is 0 Å². The highest BCUT2D eigenvalue weighted by Crippen LogP contribution is 2.32. The van der Waals surface area contributed by atoms with Gasteiger partial charge in [-0.2, -0.15) is 0 Å². The topological polar surface area (TPSA) is 72.9 Å². The molecule has 0 unspecified atom stereocenters. The van der Waals surface area contributed by atoms with Crippen molar-refractivity contribution in [1.29, 1.82) is 0 Å². The van der Waals surface area contributed by atoms with Crippen molar-refractivity contribution in [3.8, 4) is 11.5 Å². The predicted octanol–water partition coefficient (Wildman–Crippen LogP) is 5.64. The number of esters is 1. The van der Waals surface area contributed by atoms with Gasteiger partial charge in [0.25, 0.3) is 11.1 Å². The summed E-state index contributed by atoms with van der Waals surface area (Å²) >= 11 is 0.879. The summed E-state index contributed by atoms with van der Waals surface area (Å²) in [5, 5.41) is -0.342. The SMILES string of the molecule is Cc1ccc(C(=O)Oc2cccc(/C=C3\SC(=O)N(CCOc4cccc(C)c4)C3=O)c2)cc1. The van der Waals surface area contributed by atoms with Crippen LogP contribution in [0, 0.1) is 13.8 Å². The molecule has 0 spiro atoms. The van der Waals surface area contributed by atoms with E-state index in [1.807, 2.05) is 50.2 Å². The van der Waals surface area contributed by atoms with E-state index >= 15 is 0 Å². The number of thioether (sulfide) groups is 1. The zero-order valence-corrected chi connectivity index (χ0v) is 19.6. The number of rotatable bonds is 7. The van der Waals surface area contributed by atoms with E-state index in [1.54, 1.807) is 42.5 Å². The van der Waals surface area contributed by atoms with Crippen molar-refractivity contribution in [1.82, 2.24) is 4.90 Å². The van der Waals surface area contributed by atoms with E-state index in [-0.39, 0.29) is 24.3 Å². The molecule has 7 heteroatoms. The summed E-state index contributed by atoms with van der Waals surface area (Å²) in [6.45, 7) is 4.27. The van der Waals surface area contributed by atoms with Crippen molar-refractivity contribution in [2.75, 3.05) is 13.2 Å². The Kier molecular flexibility index (Phi) is 7.13. The maximum atomic E-state index is 12.8. The van der Waals surface area contributed by atoms with Crippen LogP contribution in [0.4, 0.5) is 4.79 Å². The third kappa shape index (κ3) is 5.74. The maximum absolute atomic E-state index is 12.8. The number of aryl methyl sites for hydroxylation is 2. The normalized spacial score (nSPS) is 14.5. The molecule has 6 nitrogen and oxygen atoms in total. The molecule has 4 rings (SSSR count). The summed E-state index contributed by atoms with van der Waals surface area (Å²) in [6.07, 6.45) is 1.62. The fourth-order valence-electron chi connectivity index (χ4n) is 3.33. The number of ether oxygens (including phenoxy) is 2. The first-order valence-electron chi connectivity index (χ1n) is 10.7. The highest BCUT2D eigenvalue weighted by molar-refractivity contribution is 8.18. The predicted molar refractivity (Wildman–Crippen MR) is 132 cm³/mol. The van der Waals surface area contributed by atoms with Gasteiger partial charge in [0, 0.05) is 0 Å². The summed E-state index contributed by atoms with van der Waals surface area (Å²) < 4.78 is 11.1. The number of benzene rings is 3. The van der Waals surface area contributed by atoms with Gasteiger partial charge in [-0.25, -0.2) is 4.79 Å². The molecule has 0 aliphatic carbocycles. The van der Waals surface area contributed by atoms with Crippen LogP contribution in [0.25, 0.3) is 6.08 Å². The van der Waals surface area contributed by atoms with Gasteiger partial charge in [0.1, 0.15) is 18.1 Å². The second-order valence-electron chi connectivity index (χ2n) is 7.83. The maximum Gasteiger partial charge on any atom is 0.343 e. The molecule has 1 aliphatic rings. The highest BCUT2D eigenvalue weighted by atomic mass is 32.2. The van der Waals surface area contributed by atoms with Crippen LogP contribution in [0.15, 0.2) is 77.7 Å². The molecular weight excluding hydrogens is 450 g/mol. The Morgan fingerprint density at radius 2 is 1.65 bits per heavy atom. The smallest absolute Gasteiger partial charge is 0.343 e. The fraction of sp³-hybridized carbons (Fsp3) is 0.148. The van der Waals surface area contributed by atoms with Crippen LogP contribution < -0.4 is 9.47 Å². The van der Waals surface area contributed by atoms with Crippen LogP contribution in [0.5, 0.6) is 11.5 Å². The van der Waals surface area contributed by atoms with Crippen molar-refractivity contribution in [2.45, 2.75) is 13.8 Å². The van der Waals surface area contributed by atoms with Crippen LogP contribution in [0.1, 0.15) is 27.0 Å². The number of imide groups is 1. The Morgan fingerprint density at radius 3 is 2.41 bits per heavy atom. The summed E-state index contributed by atoms with van der Waals surface area (Å²) in [4.78, 5) is 39.0. The van der Waals surface area contributed by atoms with E-state index < -0.39 is 5.97 Å². The van der Waals surface area contributed by atoms with E-state index in [2.05, 4.69) is 0 Å². The molecule has 0 N–H and O–H groups in total. The zero-order chi connectivity index (χ0) is 24.1. The van der Waals surface area contributed by atoms with Gasteiger partial charge in [-0.3, -0.25) is 14.5 Å². The largest absolute Gasteiger partial charge is 0.492 e. The Morgan fingerprint density at radius 1 is 0.912 bits per heavy atom. The second-order valence-corrected chi connectivity index (χ2v) is 8.82. The van der Waals surface area contributed by atoms with Crippen LogP contribution in [-0.2, 0) is 4.79 Å². The number of amides is 2. The van der Waals surface area contributed by atoms with Crippen molar-refractivity contribution < 1.29 is 23.9 Å². The number of carbonyl (C=O) groups excluding carboxylic acids is 3. The van der Waals surface area contributed by atoms with E-state index in [0.29, 0.717) is 27.5 Å². The first-order valence-corrected chi connectivity index (χ1v) is 11.5. The van der Waals surface area contributed by atoms with Gasteiger partial charge < -0.3 is 9.47 Å². The molecule has 34 heavy (non-hydrogen) atoms. The molecule has 1 aliphatic heterocycles. The molecular formula is C27H23NO5S. The van der Waals surface area contributed by atoms with E-state index in [4.69, 9.17) is 9.47 Å².